The first-order chi connectivity index (χ1) is 16.4. The summed E-state index contributed by atoms with van der Waals surface area (Å²) in [6.07, 6.45) is 1.60. The van der Waals surface area contributed by atoms with Crippen LogP contribution in [-0.4, -0.2) is 42.7 Å². The maximum absolute atomic E-state index is 13.2. The molecule has 35 heavy (non-hydrogen) atoms. The zero-order chi connectivity index (χ0) is 25.5. The Morgan fingerprint density at radius 2 is 1.69 bits per heavy atom. The molecule has 0 radical (unpaired) electrons. The average Bonchev–Trinajstić information content (AvgIpc) is 2.78. The van der Waals surface area contributed by atoms with Gasteiger partial charge in [-0.15, -0.1) is 4.40 Å². The van der Waals surface area contributed by atoms with E-state index in [1.165, 1.54) is 0 Å². The molecule has 1 aliphatic heterocycles. The smallest absolute Gasteiger partial charge is 0.287 e. The molecule has 0 amide bonds. The van der Waals surface area contributed by atoms with E-state index in [1.807, 2.05) is 43.3 Å². The molecule has 1 N–H and O–H groups in total. The van der Waals surface area contributed by atoms with Crippen LogP contribution >= 0.6 is 0 Å². The Hall–Kier alpha value is -3.10. The van der Waals surface area contributed by atoms with E-state index >= 15 is 0 Å². The lowest BCUT2D eigenvalue weighted by Gasteiger charge is -2.30. The fourth-order valence-corrected chi connectivity index (χ4v) is 6.91. The third kappa shape index (κ3) is 4.86. The summed E-state index contributed by atoms with van der Waals surface area (Å²) in [5, 5.41) is 3.32. The van der Waals surface area contributed by atoms with Crippen LogP contribution in [0.25, 0.3) is 0 Å². The van der Waals surface area contributed by atoms with Gasteiger partial charge in [-0.25, -0.2) is 0 Å². The van der Waals surface area contributed by atoms with Crippen LogP contribution in [0, 0.1) is 13.8 Å². The Morgan fingerprint density at radius 1 is 1.03 bits per heavy atom. The van der Waals surface area contributed by atoms with Gasteiger partial charge in [-0.05, 0) is 69.2 Å². The van der Waals surface area contributed by atoms with E-state index in [-0.39, 0.29) is 16.8 Å². The highest BCUT2D eigenvalue weighted by Crippen LogP contribution is 2.40. The number of anilines is 1. The van der Waals surface area contributed by atoms with Crippen molar-refractivity contribution in [1.29, 1.82) is 0 Å². The monoisotopic (exact) mass is 509 g/mol. The first kappa shape index (κ1) is 25.0. The highest BCUT2D eigenvalue weighted by atomic mass is 32.2. The van der Waals surface area contributed by atoms with E-state index in [1.54, 1.807) is 30.3 Å². The summed E-state index contributed by atoms with van der Waals surface area (Å²) in [7, 11) is -4.59. The summed E-state index contributed by atoms with van der Waals surface area (Å²) in [4.78, 5) is 2.55. The van der Waals surface area contributed by atoms with Crippen molar-refractivity contribution in [2.75, 3.05) is 18.6 Å². The first-order valence-electron chi connectivity index (χ1n) is 11.3. The molecular weight excluding hydrogens is 478 g/mol. The number of nitrogens with zero attached hydrogens (tertiary/aromatic N) is 2. The second-order valence-corrected chi connectivity index (χ2v) is 13.3. The molecule has 0 aliphatic carbocycles. The van der Waals surface area contributed by atoms with E-state index in [0.29, 0.717) is 17.1 Å². The van der Waals surface area contributed by atoms with Gasteiger partial charge in [0.15, 0.2) is 0 Å². The van der Waals surface area contributed by atoms with Gasteiger partial charge >= 0.3 is 0 Å². The lowest BCUT2D eigenvalue weighted by molar-refractivity contribution is 0.493. The van der Waals surface area contributed by atoms with Crippen molar-refractivity contribution < 1.29 is 12.6 Å². The fourth-order valence-electron chi connectivity index (χ4n) is 4.68. The number of fused-ring (bicyclic) bond motifs is 1. The molecule has 0 saturated heterocycles. The number of aryl methyl sites for hydroxylation is 2. The lowest BCUT2D eigenvalue weighted by Crippen LogP contribution is -2.37. The van der Waals surface area contributed by atoms with Crippen molar-refractivity contribution in [2.24, 2.45) is 4.40 Å². The van der Waals surface area contributed by atoms with Crippen molar-refractivity contribution in [3.63, 3.8) is 0 Å². The molecule has 184 valence electrons. The number of nitrogens with one attached hydrogen (secondary N) is 1. The molecule has 6 nitrogen and oxygen atoms in total. The Labute approximate surface area is 208 Å². The SMILES string of the molecule is C=S(C)(=O)c1ccccc1CN(C)C1=NS(=O)(=O)c2ccc(C)c(C(C)c3ccccc3C)c2N1. The van der Waals surface area contributed by atoms with Gasteiger partial charge in [-0.3, -0.25) is 4.21 Å². The average molecular weight is 510 g/mol. The Bertz CT molecular complexity index is 1540. The highest BCUT2D eigenvalue weighted by molar-refractivity contribution is 7.99. The molecule has 3 aromatic carbocycles. The fraction of sp³-hybridized carbons (Fsp3) is 0.259. The molecule has 0 fully saturated rings. The molecule has 0 spiro atoms. The number of hydrogen-bond donors (Lipinski definition) is 1. The molecule has 1 heterocycles. The van der Waals surface area contributed by atoms with Gasteiger partial charge in [-0.2, -0.15) is 8.42 Å². The van der Waals surface area contributed by atoms with Crippen LogP contribution in [0.4, 0.5) is 5.69 Å². The number of sulfonamides is 1. The molecule has 1 aliphatic rings. The number of hydrogen-bond acceptors (Lipinski definition) is 5. The molecule has 2 unspecified atom stereocenters. The Morgan fingerprint density at radius 3 is 2.37 bits per heavy atom. The summed E-state index contributed by atoms with van der Waals surface area (Å²) in [6, 6.07) is 19.0. The van der Waals surface area contributed by atoms with Crippen LogP contribution in [-0.2, 0) is 26.1 Å². The second kappa shape index (κ2) is 9.17. The number of benzene rings is 3. The largest absolute Gasteiger partial charge is 0.340 e. The third-order valence-corrected chi connectivity index (χ3v) is 9.08. The number of rotatable bonds is 5. The molecule has 2 atom stereocenters. The minimum absolute atomic E-state index is 0.0323. The van der Waals surface area contributed by atoms with Crippen LogP contribution in [0.1, 0.15) is 40.7 Å². The van der Waals surface area contributed by atoms with Gasteiger partial charge in [-0.1, -0.05) is 55.5 Å². The first-order valence-corrected chi connectivity index (χ1v) is 14.9. The lowest BCUT2D eigenvalue weighted by atomic mass is 9.86. The zero-order valence-electron chi connectivity index (χ0n) is 20.7. The van der Waals surface area contributed by atoms with Crippen molar-refractivity contribution in [3.8, 4) is 0 Å². The zero-order valence-corrected chi connectivity index (χ0v) is 22.3. The molecule has 4 rings (SSSR count). The summed E-state index contributed by atoms with van der Waals surface area (Å²) in [5.41, 5.74) is 5.58. The predicted molar refractivity (Wildman–Crippen MR) is 145 cm³/mol. The summed E-state index contributed by atoms with van der Waals surface area (Å²) in [6.45, 7) is 6.47. The summed E-state index contributed by atoms with van der Waals surface area (Å²) >= 11 is 0. The van der Waals surface area contributed by atoms with Gasteiger partial charge in [0.05, 0.1) is 5.69 Å². The van der Waals surface area contributed by atoms with Crippen LogP contribution in [0.2, 0.25) is 0 Å². The van der Waals surface area contributed by atoms with Gasteiger partial charge in [0.1, 0.15) is 4.90 Å². The third-order valence-electron chi connectivity index (χ3n) is 6.44. The Balaban J connectivity index is 1.77. The van der Waals surface area contributed by atoms with Crippen LogP contribution in [0.3, 0.4) is 0 Å². The van der Waals surface area contributed by atoms with Crippen molar-refractivity contribution in [1.82, 2.24) is 4.90 Å². The van der Waals surface area contributed by atoms with E-state index in [4.69, 9.17) is 0 Å². The maximum atomic E-state index is 13.2. The number of guanidine groups is 1. The van der Waals surface area contributed by atoms with Crippen LogP contribution < -0.4 is 5.32 Å². The van der Waals surface area contributed by atoms with Crippen molar-refractivity contribution >= 4 is 37.1 Å². The topological polar surface area (TPSA) is 78.8 Å². The molecular formula is C27H31N3O3S2. The van der Waals surface area contributed by atoms with Crippen LogP contribution in [0.15, 0.2) is 74.9 Å². The molecule has 3 aromatic rings. The minimum atomic E-state index is -3.92. The second-order valence-electron chi connectivity index (χ2n) is 9.23. The van der Waals surface area contributed by atoms with Gasteiger partial charge in [0.2, 0.25) is 5.96 Å². The van der Waals surface area contributed by atoms with Crippen molar-refractivity contribution in [3.05, 3.63) is 88.5 Å². The molecule has 8 heteroatoms. The van der Waals surface area contributed by atoms with E-state index < -0.39 is 19.5 Å². The van der Waals surface area contributed by atoms with E-state index in [0.717, 1.165) is 27.8 Å². The standard InChI is InChI=1S/C27H31N3O3S2/c1-18-11-7-9-13-22(18)20(3)25-19(2)15-16-24-26(25)28-27(29-35(24,32)33)30(4)17-21-12-8-10-14-23(21)34(5,6)31/h7-16,20H,5,17H2,1-4,6H3,(H,28,29). The van der Waals surface area contributed by atoms with E-state index in [2.05, 4.69) is 41.6 Å². The predicted octanol–water partition coefficient (Wildman–Crippen LogP) is 4.76. The van der Waals surface area contributed by atoms with Gasteiger partial charge in [0, 0.05) is 30.7 Å². The quantitative estimate of drug-likeness (QED) is 0.502. The molecule has 0 bridgehead atoms. The molecule has 0 aromatic heterocycles. The van der Waals surface area contributed by atoms with Crippen molar-refractivity contribution in [2.45, 2.75) is 43.0 Å². The van der Waals surface area contributed by atoms with E-state index in [9.17, 15) is 12.6 Å². The molecule has 0 saturated carbocycles. The van der Waals surface area contributed by atoms with Gasteiger partial charge in [0.25, 0.3) is 10.0 Å². The maximum Gasteiger partial charge on any atom is 0.287 e. The van der Waals surface area contributed by atoms with Crippen LogP contribution in [0.5, 0.6) is 0 Å². The normalized spacial score (nSPS) is 16.9. The Kier molecular flexibility index (Phi) is 6.55. The van der Waals surface area contributed by atoms with Gasteiger partial charge < -0.3 is 10.2 Å². The summed E-state index contributed by atoms with van der Waals surface area (Å²) in [5.74, 6) is 4.01. The minimum Gasteiger partial charge on any atom is -0.340 e. The highest BCUT2D eigenvalue weighted by Gasteiger charge is 2.31. The summed E-state index contributed by atoms with van der Waals surface area (Å²) < 4.78 is 43.3.